The van der Waals surface area contributed by atoms with Gasteiger partial charge in [-0.15, -0.1) is 0 Å². The van der Waals surface area contributed by atoms with Crippen molar-refractivity contribution in [2.45, 2.75) is 0 Å². The third-order valence-electron chi connectivity index (χ3n) is 12.8. The maximum absolute atomic E-state index is 5.10. The van der Waals surface area contributed by atoms with Crippen molar-refractivity contribution in [3.05, 3.63) is 212 Å². The Hall–Kier alpha value is -8.27. The van der Waals surface area contributed by atoms with Crippen molar-refractivity contribution in [3.63, 3.8) is 0 Å². The normalized spacial score (nSPS) is 11.9. The lowest BCUT2D eigenvalue weighted by atomic mass is 9.86. The summed E-state index contributed by atoms with van der Waals surface area (Å²) < 4.78 is 0. The van der Waals surface area contributed by atoms with E-state index in [-0.39, 0.29) is 0 Å². The van der Waals surface area contributed by atoms with Crippen molar-refractivity contribution in [1.29, 1.82) is 0 Å². The quantitative estimate of drug-likeness (QED) is 0.163. The molecule has 13 rings (SSSR count). The molecule has 11 aromatic carbocycles. The number of hydrogen-bond donors (Lipinski definition) is 0. The third-order valence-corrected chi connectivity index (χ3v) is 12.8. The van der Waals surface area contributed by atoms with Crippen molar-refractivity contribution < 1.29 is 0 Å². The summed E-state index contributed by atoms with van der Waals surface area (Å²) in [5.41, 5.74) is 10.3. The zero-order valence-electron chi connectivity index (χ0n) is 33.5. The molecular formula is C59H35N3. The van der Waals surface area contributed by atoms with Crippen LogP contribution < -0.4 is 0 Å². The number of para-hydroxylation sites is 1. The molecule has 0 saturated carbocycles. The average Bonchev–Trinajstić information content (AvgIpc) is 3.35. The first-order valence-corrected chi connectivity index (χ1v) is 21.2. The summed E-state index contributed by atoms with van der Waals surface area (Å²) in [6.45, 7) is 0. The number of nitrogens with zero attached hydrogens (tertiary/aromatic N) is 3. The van der Waals surface area contributed by atoms with Gasteiger partial charge in [-0.05, 0) is 123 Å². The predicted molar refractivity (Wildman–Crippen MR) is 261 cm³/mol. The Morgan fingerprint density at radius 1 is 0.258 bits per heavy atom. The first-order chi connectivity index (χ1) is 30.7. The minimum Gasteiger partial charge on any atom is -0.256 e. The van der Waals surface area contributed by atoms with Crippen LogP contribution in [0.4, 0.5) is 0 Å². The number of rotatable bonds is 5. The molecule has 3 nitrogen and oxygen atoms in total. The van der Waals surface area contributed by atoms with Gasteiger partial charge in [0.25, 0.3) is 0 Å². The number of fused-ring (bicyclic) bond motifs is 3. The molecule has 0 radical (unpaired) electrons. The van der Waals surface area contributed by atoms with E-state index in [4.69, 9.17) is 15.0 Å². The van der Waals surface area contributed by atoms with E-state index in [1.54, 1.807) is 0 Å². The molecule has 0 fully saturated rings. The second kappa shape index (κ2) is 13.6. The molecule has 0 spiro atoms. The van der Waals surface area contributed by atoms with Crippen LogP contribution in [0.5, 0.6) is 0 Å². The first kappa shape index (κ1) is 34.6. The topological polar surface area (TPSA) is 38.7 Å². The maximum Gasteiger partial charge on any atom is 0.160 e. The first-order valence-electron chi connectivity index (χ1n) is 21.2. The van der Waals surface area contributed by atoms with Crippen molar-refractivity contribution in [3.8, 4) is 56.2 Å². The minimum absolute atomic E-state index is 0.685. The SMILES string of the molecule is c1ccc(-c2nc(-c3ccc(-c4cccc(-c5cc6ccc7cccc8c9cccc%10ccc%11cccc(c(c5)c6c78)c%11c%109)c4)cc3)cc(-c3cnc4ccccc4c3)n2)cc1. The Kier molecular flexibility index (Phi) is 7.60. The summed E-state index contributed by atoms with van der Waals surface area (Å²) >= 11 is 0. The van der Waals surface area contributed by atoms with Crippen LogP contribution in [0.1, 0.15) is 0 Å². The van der Waals surface area contributed by atoms with Crippen molar-refractivity contribution in [2.75, 3.05) is 0 Å². The Balaban J connectivity index is 0.943. The summed E-state index contributed by atoms with van der Waals surface area (Å²) in [5, 5.41) is 16.5. The van der Waals surface area contributed by atoms with E-state index in [0.29, 0.717) is 5.82 Å². The molecule has 0 aliphatic heterocycles. The zero-order valence-corrected chi connectivity index (χ0v) is 33.5. The van der Waals surface area contributed by atoms with Gasteiger partial charge in [-0.2, -0.15) is 0 Å². The molecule has 2 heterocycles. The molecule has 0 aliphatic carbocycles. The molecule has 62 heavy (non-hydrogen) atoms. The number of pyridine rings is 1. The number of aromatic nitrogens is 3. The van der Waals surface area contributed by atoms with E-state index >= 15 is 0 Å². The third kappa shape index (κ3) is 5.49. The lowest BCUT2D eigenvalue weighted by Gasteiger charge is -2.17. The lowest BCUT2D eigenvalue weighted by Crippen LogP contribution is -1.96. The molecular weight excluding hydrogens is 751 g/mol. The van der Waals surface area contributed by atoms with Crippen molar-refractivity contribution in [2.24, 2.45) is 0 Å². The van der Waals surface area contributed by atoms with E-state index in [2.05, 4.69) is 170 Å². The van der Waals surface area contributed by atoms with Crippen LogP contribution in [0.15, 0.2) is 212 Å². The Morgan fingerprint density at radius 2 is 0.758 bits per heavy atom. The van der Waals surface area contributed by atoms with Gasteiger partial charge in [0.15, 0.2) is 5.82 Å². The van der Waals surface area contributed by atoms with Gasteiger partial charge in [-0.25, -0.2) is 9.97 Å². The van der Waals surface area contributed by atoms with Crippen molar-refractivity contribution in [1.82, 2.24) is 15.0 Å². The molecule has 2 aromatic heterocycles. The molecule has 13 aromatic rings. The fraction of sp³-hybridized carbons (Fsp3) is 0. The van der Waals surface area contributed by atoms with Gasteiger partial charge >= 0.3 is 0 Å². The van der Waals surface area contributed by atoms with Gasteiger partial charge in [-0.1, -0.05) is 170 Å². The van der Waals surface area contributed by atoms with E-state index in [1.807, 2.05) is 42.6 Å². The van der Waals surface area contributed by atoms with Crippen LogP contribution in [0, 0.1) is 0 Å². The molecule has 3 heteroatoms. The van der Waals surface area contributed by atoms with E-state index in [0.717, 1.165) is 50.1 Å². The van der Waals surface area contributed by atoms with Gasteiger partial charge in [-0.3, -0.25) is 4.98 Å². The Bertz CT molecular complexity index is 3900. The van der Waals surface area contributed by atoms with Crippen LogP contribution in [-0.4, -0.2) is 15.0 Å². The highest BCUT2D eigenvalue weighted by Crippen LogP contribution is 2.44. The molecule has 0 aliphatic rings. The summed E-state index contributed by atoms with van der Waals surface area (Å²) in [5.74, 6) is 0.685. The highest BCUT2D eigenvalue weighted by molar-refractivity contribution is 6.37. The van der Waals surface area contributed by atoms with E-state index < -0.39 is 0 Å². The number of benzene rings is 10. The van der Waals surface area contributed by atoms with Crippen LogP contribution in [0.3, 0.4) is 0 Å². The maximum atomic E-state index is 5.10. The fourth-order valence-electron chi connectivity index (χ4n) is 9.83. The smallest absolute Gasteiger partial charge is 0.160 e. The summed E-state index contributed by atoms with van der Waals surface area (Å²) in [4.78, 5) is 14.9. The summed E-state index contributed by atoms with van der Waals surface area (Å²) in [6.07, 6.45) is 1.91. The monoisotopic (exact) mass is 785 g/mol. The molecule has 286 valence electrons. The van der Waals surface area contributed by atoms with Crippen LogP contribution >= 0.6 is 0 Å². The highest BCUT2D eigenvalue weighted by atomic mass is 14.9. The second-order valence-corrected chi connectivity index (χ2v) is 16.4. The molecule has 0 atom stereocenters. The van der Waals surface area contributed by atoms with Gasteiger partial charge in [0.1, 0.15) is 0 Å². The fourth-order valence-corrected chi connectivity index (χ4v) is 9.83. The lowest BCUT2D eigenvalue weighted by molar-refractivity contribution is 1.18. The number of hydrogen-bond acceptors (Lipinski definition) is 3. The largest absolute Gasteiger partial charge is 0.256 e. The molecule has 0 N–H and O–H groups in total. The Morgan fingerprint density at radius 3 is 1.45 bits per heavy atom. The standard InChI is InChI=1S/C59H35N3/c1-2-10-41(11-3-1)59-61-53(34-54(62-59)47-31-44-12-4-5-21-52(44)60-35-47)37-24-22-36(23-25-37)42-16-6-17-43(30-42)46-32-45-29-28-40-14-8-19-49-48-18-7-13-38-26-27-39-15-9-20-50(57(39)55(38)48)51(33-46)58(45)56(40)49/h1-35H. The Labute approximate surface area is 357 Å². The summed E-state index contributed by atoms with van der Waals surface area (Å²) in [6, 6.07) is 74.7. The second-order valence-electron chi connectivity index (χ2n) is 16.4. The molecule has 0 amide bonds. The van der Waals surface area contributed by atoms with Gasteiger partial charge in [0.2, 0.25) is 0 Å². The van der Waals surface area contributed by atoms with Crippen LogP contribution in [-0.2, 0) is 0 Å². The van der Waals surface area contributed by atoms with E-state index in [9.17, 15) is 0 Å². The van der Waals surface area contributed by atoms with E-state index in [1.165, 1.54) is 75.8 Å². The highest BCUT2D eigenvalue weighted by Gasteiger charge is 2.17. The van der Waals surface area contributed by atoms with Gasteiger partial charge < -0.3 is 0 Å². The van der Waals surface area contributed by atoms with Gasteiger partial charge in [0, 0.05) is 28.3 Å². The molecule has 0 unspecified atom stereocenters. The van der Waals surface area contributed by atoms with Crippen LogP contribution in [0.2, 0.25) is 0 Å². The molecule has 0 bridgehead atoms. The average molecular weight is 786 g/mol. The molecule has 0 saturated heterocycles. The minimum atomic E-state index is 0.685. The zero-order chi connectivity index (χ0) is 40.7. The van der Waals surface area contributed by atoms with Crippen molar-refractivity contribution >= 4 is 75.5 Å². The predicted octanol–water partition coefficient (Wildman–Crippen LogP) is 15.7. The van der Waals surface area contributed by atoms with Crippen LogP contribution in [0.25, 0.3) is 132 Å². The van der Waals surface area contributed by atoms with Gasteiger partial charge in [0.05, 0.1) is 16.9 Å². The summed E-state index contributed by atoms with van der Waals surface area (Å²) in [7, 11) is 0.